The van der Waals surface area contributed by atoms with Crippen LogP contribution in [0.25, 0.3) is 0 Å². The molecular formula is C17H23FN4S. The Morgan fingerprint density at radius 1 is 1.39 bits per heavy atom. The smallest absolute Gasteiger partial charge is 0.194 e. The first-order valence-electron chi connectivity index (χ1n) is 7.66. The molecule has 1 N–H and O–H groups in total. The summed E-state index contributed by atoms with van der Waals surface area (Å²) >= 11 is 1.68. The van der Waals surface area contributed by atoms with E-state index in [1.54, 1.807) is 23.5 Å². The molecule has 1 heterocycles. The first-order valence-corrected chi connectivity index (χ1v) is 8.48. The second-order valence-electron chi connectivity index (χ2n) is 5.40. The van der Waals surface area contributed by atoms with Crippen LogP contribution >= 0.6 is 11.3 Å². The number of aliphatic imine (C=N–C) groups is 1. The number of hydrogen-bond acceptors (Lipinski definition) is 3. The zero-order valence-corrected chi connectivity index (χ0v) is 14.9. The van der Waals surface area contributed by atoms with Crippen molar-refractivity contribution < 1.29 is 4.39 Å². The van der Waals surface area contributed by atoms with Crippen molar-refractivity contribution in [3.8, 4) is 0 Å². The molecule has 0 saturated heterocycles. The Balaban J connectivity index is 2.09. The minimum absolute atomic E-state index is 0.214. The van der Waals surface area contributed by atoms with Crippen LogP contribution in [0.15, 0.2) is 29.3 Å². The molecule has 0 saturated carbocycles. The number of guanidine groups is 1. The highest BCUT2D eigenvalue weighted by atomic mass is 32.1. The monoisotopic (exact) mass is 334 g/mol. The molecule has 0 aliphatic rings. The molecular weight excluding hydrogens is 311 g/mol. The molecule has 1 aromatic heterocycles. The second-order valence-corrected chi connectivity index (χ2v) is 6.69. The molecule has 1 aromatic carbocycles. The van der Waals surface area contributed by atoms with Crippen molar-refractivity contribution in [2.75, 3.05) is 13.6 Å². The topological polar surface area (TPSA) is 40.5 Å². The molecule has 2 rings (SSSR count). The minimum atomic E-state index is -0.214. The molecule has 0 amide bonds. The van der Waals surface area contributed by atoms with Gasteiger partial charge in [-0.25, -0.2) is 14.4 Å². The number of thiazole rings is 1. The number of nitrogens with zero attached hydrogens (tertiary/aromatic N) is 3. The van der Waals surface area contributed by atoms with Crippen molar-refractivity contribution in [2.24, 2.45) is 4.99 Å². The summed E-state index contributed by atoms with van der Waals surface area (Å²) in [4.78, 5) is 12.3. The normalized spacial score (nSPS) is 11.6. The Hall–Kier alpha value is -1.95. The number of halogens is 1. The van der Waals surface area contributed by atoms with Gasteiger partial charge in [0.15, 0.2) is 5.96 Å². The van der Waals surface area contributed by atoms with E-state index in [4.69, 9.17) is 0 Å². The van der Waals surface area contributed by atoms with E-state index in [2.05, 4.69) is 15.3 Å². The zero-order valence-electron chi connectivity index (χ0n) is 14.1. The van der Waals surface area contributed by atoms with Crippen LogP contribution in [0.2, 0.25) is 0 Å². The SMILES string of the molecule is CCNC(=NCc1sc(C)nc1C)N(C)Cc1cccc(F)c1. The van der Waals surface area contributed by atoms with Gasteiger partial charge < -0.3 is 10.2 Å². The Labute approximate surface area is 141 Å². The molecule has 0 bridgehead atoms. The Bertz CT molecular complexity index is 681. The van der Waals surface area contributed by atoms with Gasteiger partial charge in [-0.2, -0.15) is 0 Å². The van der Waals surface area contributed by atoms with Crippen LogP contribution < -0.4 is 5.32 Å². The van der Waals surface area contributed by atoms with Crippen LogP contribution in [0.1, 0.15) is 28.1 Å². The van der Waals surface area contributed by atoms with Crippen LogP contribution in [0, 0.1) is 19.7 Å². The van der Waals surface area contributed by atoms with Crippen LogP contribution in [0.4, 0.5) is 4.39 Å². The number of rotatable bonds is 5. The van der Waals surface area contributed by atoms with Gasteiger partial charge in [-0.05, 0) is 38.5 Å². The summed E-state index contributed by atoms with van der Waals surface area (Å²) in [6.07, 6.45) is 0. The van der Waals surface area contributed by atoms with E-state index in [1.165, 1.54) is 10.9 Å². The van der Waals surface area contributed by atoms with E-state index in [1.807, 2.05) is 38.8 Å². The summed E-state index contributed by atoms with van der Waals surface area (Å²) in [6.45, 7) is 8.04. The Morgan fingerprint density at radius 3 is 2.78 bits per heavy atom. The molecule has 6 heteroatoms. The lowest BCUT2D eigenvalue weighted by molar-refractivity contribution is 0.475. The van der Waals surface area contributed by atoms with Gasteiger partial charge >= 0.3 is 0 Å². The first kappa shape index (κ1) is 17.4. The third kappa shape index (κ3) is 5.03. The predicted octanol–water partition coefficient (Wildman–Crippen LogP) is 3.50. The van der Waals surface area contributed by atoms with Crippen LogP contribution in [-0.4, -0.2) is 29.4 Å². The number of nitrogens with one attached hydrogen (secondary N) is 1. The van der Waals surface area contributed by atoms with Crippen molar-refractivity contribution in [1.82, 2.24) is 15.2 Å². The van der Waals surface area contributed by atoms with Crippen LogP contribution in [-0.2, 0) is 13.1 Å². The third-order valence-corrected chi connectivity index (χ3v) is 4.43. The molecule has 0 radical (unpaired) electrons. The highest BCUT2D eigenvalue weighted by Crippen LogP contribution is 2.18. The summed E-state index contributed by atoms with van der Waals surface area (Å²) in [5.41, 5.74) is 1.96. The predicted molar refractivity (Wildman–Crippen MR) is 94.3 cm³/mol. The maximum Gasteiger partial charge on any atom is 0.194 e. The van der Waals surface area contributed by atoms with Gasteiger partial charge in [-0.1, -0.05) is 12.1 Å². The molecule has 0 spiro atoms. The maximum atomic E-state index is 13.3. The lowest BCUT2D eigenvalue weighted by Gasteiger charge is -2.22. The van der Waals surface area contributed by atoms with Crippen molar-refractivity contribution in [3.63, 3.8) is 0 Å². The van der Waals surface area contributed by atoms with Crippen molar-refractivity contribution in [2.45, 2.75) is 33.9 Å². The number of benzene rings is 1. The van der Waals surface area contributed by atoms with Gasteiger partial charge in [0.25, 0.3) is 0 Å². The lowest BCUT2D eigenvalue weighted by Crippen LogP contribution is -2.38. The summed E-state index contributed by atoms with van der Waals surface area (Å²) in [5, 5.41) is 4.34. The number of hydrogen-bond donors (Lipinski definition) is 1. The molecule has 0 aliphatic carbocycles. The largest absolute Gasteiger partial charge is 0.357 e. The fraction of sp³-hybridized carbons (Fsp3) is 0.412. The van der Waals surface area contributed by atoms with Crippen molar-refractivity contribution >= 4 is 17.3 Å². The maximum absolute atomic E-state index is 13.3. The first-order chi connectivity index (χ1) is 11.0. The lowest BCUT2D eigenvalue weighted by atomic mass is 10.2. The average molecular weight is 334 g/mol. The number of aromatic nitrogens is 1. The minimum Gasteiger partial charge on any atom is -0.357 e. The van der Waals surface area contributed by atoms with E-state index in [-0.39, 0.29) is 5.82 Å². The van der Waals surface area contributed by atoms with Gasteiger partial charge in [-0.3, -0.25) is 0 Å². The van der Waals surface area contributed by atoms with Gasteiger partial charge in [-0.15, -0.1) is 11.3 Å². The van der Waals surface area contributed by atoms with Gasteiger partial charge in [0, 0.05) is 25.0 Å². The molecule has 23 heavy (non-hydrogen) atoms. The number of aryl methyl sites for hydroxylation is 2. The fourth-order valence-electron chi connectivity index (χ4n) is 2.32. The van der Waals surface area contributed by atoms with Gasteiger partial charge in [0.05, 0.1) is 17.2 Å². The average Bonchev–Trinajstić information content (AvgIpc) is 2.81. The van der Waals surface area contributed by atoms with E-state index in [0.717, 1.165) is 28.8 Å². The Morgan fingerprint density at radius 2 is 2.17 bits per heavy atom. The quantitative estimate of drug-likeness (QED) is 0.672. The third-order valence-electron chi connectivity index (χ3n) is 3.38. The van der Waals surface area contributed by atoms with E-state index in [9.17, 15) is 4.39 Å². The highest BCUT2D eigenvalue weighted by molar-refractivity contribution is 7.11. The molecule has 2 aromatic rings. The van der Waals surface area contributed by atoms with E-state index >= 15 is 0 Å². The highest BCUT2D eigenvalue weighted by Gasteiger charge is 2.09. The zero-order chi connectivity index (χ0) is 16.8. The second kappa shape index (κ2) is 8.06. The molecule has 0 aliphatic heterocycles. The van der Waals surface area contributed by atoms with Crippen molar-refractivity contribution in [1.29, 1.82) is 0 Å². The summed E-state index contributed by atoms with van der Waals surface area (Å²) < 4.78 is 13.3. The summed E-state index contributed by atoms with van der Waals surface area (Å²) in [7, 11) is 1.96. The van der Waals surface area contributed by atoms with Crippen LogP contribution in [0.3, 0.4) is 0 Å². The van der Waals surface area contributed by atoms with E-state index < -0.39 is 0 Å². The standard InChI is InChI=1S/C17H23FN4S/c1-5-19-17(20-10-16-12(2)21-13(3)23-16)22(4)11-14-7-6-8-15(18)9-14/h6-9H,5,10-11H2,1-4H3,(H,19,20). The molecule has 4 nitrogen and oxygen atoms in total. The van der Waals surface area contributed by atoms with Gasteiger partial charge in [0.1, 0.15) is 5.82 Å². The molecule has 0 unspecified atom stereocenters. The summed E-state index contributed by atoms with van der Waals surface area (Å²) in [6, 6.07) is 6.65. The van der Waals surface area contributed by atoms with Crippen LogP contribution in [0.5, 0.6) is 0 Å². The molecule has 124 valence electrons. The van der Waals surface area contributed by atoms with Crippen molar-refractivity contribution in [3.05, 3.63) is 51.2 Å². The summed E-state index contributed by atoms with van der Waals surface area (Å²) in [5.74, 6) is 0.593. The molecule has 0 atom stereocenters. The van der Waals surface area contributed by atoms with Gasteiger partial charge in [0.2, 0.25) is 0 Å². The van der Waals surface area contributed by atoms with E-state index in [0.29, 0.717) is 13.1 Å². The molecule has 0 fully saturated rings. The fourth-order valence-corrected chi connectivity index (χ4v) is 3.18. The Kier molecular flexibility index (Phi) is 6.10.